The second kappa shape index (κ2) is 9.36. The summed E-state index contributed by atoms with van der Waals surface area (Å²) in [5.41, 5.74) is 0. The Bertz CT molecular complexity index is 41.0. The normalized spacial score (nSPS) is 6.71. The van der Waals surface area contributed by atoms with Crippen LogP contribution in [0.1, 0.15) is 6.92 Å². The van der Waals surface area contributed by atoms with E-state index in [2.05, 4.69) is 11.7 Å². The van der Waals surface area contributed by atoms with Crippen LogP contribution in [0.3, 0.4) is 0 Å². The molecular weight excluding hydrogens is 139 g/mol. The van der Waals surface area contributed by atoms with E-state index < -0.39 is 5.97 Å². The number of carboxylic acid groups (broad SMARTS) is 1. The molecule has 0 aliphatic heterocycles. The molecule has 0 N–H and O–H groups in total. The first kappa shape index (κ1) is 10.1. The van der Waals surface area contributed by atoms with Gasteiger partial charge in [-0.1, -0.05) is 0 Å². The molecule has 0 rings (SSSR count). The van der Waals surface area contributed by atoms with Crippen LogP contribution in [-0.2, 0) is 19.5 Å². The van der Waals surface area contributed by atoms with Crippen LogP contribution >= 0.6 is 0 Å². The molecule has 3 heteroatoms. The summed E-state index contributed by atoms with van der Waals surface area (Å²) in [6, 6.07) is 0. The summed E-state index contributed by atoms with van der Waals surface area (Å²) >= 11 is 1.44. The first-order chi connectivity index (χ1) is 3.15. The Morgan fingerprint density at radius 2 is 1.57 bits per heavy atom. The number of hydrogen-bond acceptors (Lipinski definition) is 2. The van der Waals surface area contributed by atoms with E-state index >= 15 is 0 Å². The van der Waals surface area contributed by atoms with Gasteiger partial charge in [0.25, 0.3) is 0 Å². The molecule has 0 aromatic rings. The minimum absolute atomic E-state index is 0.972. The van der Waals surface area contributed by atoms with Gasteiger partial charge in [-0.25, -0.2) is 0 Å². The zero-order chi connectivity index (χ0) is 6.28. The van der Waals surface area contributed by atoms with E-state index in [-0.39, 0.29) is 0 Å². The maximum atomic E-state index is 8.89. The molecule has 0 spiro atoms. The van der Waals surface area contributed by atoms with Crippen molar-refractivity contribution in [1.29, 1.82) is 0 Å². The predicted octanol–water partition coefficient (Wildman–Crippen LogP) is -0.0787. The molecule has 0 radical (unpaired) electrons. The SMILES string of the molecule is CC(=O)[O-].[CH3][Co+][CH3]. The second-order valence-electron chi connectivity index (χ2n) is 0.825. The molecule has 0 aliphatic carbocycles. The summed E-state index contributed by atoms with van der Waals surface area (Å²) in [6.45, 7) is 0.972. The monoisotopic (exact) mass is 148 g/mol. The molecule has 0 atom stereocenters. The van der Waals surface area contributed by atoms with Crippen LogP contribution in [0.25, 0.3) is 0 Å². The van der Waals surface area contributed by atoms with Crippen LogP contribution in [-0.4, -0.2) is 5.97 Å². The molecule has 0 amide bonds. The molecule has 0 bridgehead atoms. The summed E-state index contributed by atoms with van der Waals surface area (Å²) < 4.78 is 0. The molecule has 0 aromatic heterocycles. The molecule has 0 unspecified atom stereocenters. The third-order valence-electron chi connectivity index (χ3n) is 0. The fourth-order valence-electron chi connectivity index (χ4n) is 0. The van der Waals surface area contributed by atoms with Gasteiger partial charge in [-0.3, -0.25) is 0 Å². The van der Waals surface area contributed by atoms with Crippen molar-refractivity contribution in [2.24, 2.45) is 0 Å². The van der Waals surface area contributed by atoms with Gasteiger partial charge in [0.15, 0.2) is 0 Å². The minimum atomic E-state index is -1.08. The molecule has 2 nitrogen and oxygen atoms in total. The van der Waals surface area contributed by atoms with Crippen molar-refractivity contribution < 1.29 is 24.6 Å². The average molecular weight is 148 g/mol. The van der Waals surface area contributed by atoms with E-state index in [0.717, 1.165) is 6.92 Å². The quantitative estimate of drug-likeness (QED) is 0.482. The van der Waals surface area contributed by atoms with Crippen molar-refractivity contribution >= 4 is 5.97 Å². The number of carbonyl (C=O) groups is 1. The van der Waals surface area contributed by atoms with Gasteiger partial charge in [0.2, 0.25) is 0 Å². The van der Waals surface area contributed by atoms with E-state index in [1.54, 1.807) is 0 Å². The summed E-state index contributed by atoms with van der Waals surface area (Å²) in [5.74, 6) is 3.10. The number of aliphatic carboxylic acids is 1. The van der Waals surface area contributed by atoms with Gasteiger partial charge in [0, 0.05) is 5.97 Å². The number of carboxylic acids is 1. The van der Waals surface area contributed by atoms with E-state index in [1.807, 2.05) is 0 Å². The van der Waals surface area contributed by atoms with Crippen LogP contribution in [0.15, 0.2) is 0 Å². The Labute approximate surface area is 49.9 Å². The van der Waals surface area contributed by atoms with Gasteiger partial charge >= 0.3 is 26.4 Å². The second-order valence-corrected chi connectivity index (χ2v) is 1.87. The Morgan fingerprint density at radius 3 is 1.57 bits per heavy atom. The van der Waals surface area contributed by atoms with Crippen molar-refractivity contribution in [3.8, 4) is 0 Å². The Kier molecular flexibility index (Phi) is 13.5. The van der Waals surface area contributed by atoms with E-state index in [9.17, 15) is 0 Å². The van der Waals surface area contributed by atoms with Crippen molar-refractivity contribution in [1.82, 2.24) is 0 Å². The first-order valence-corrected chi connectivity index (χ1v) is 3.66. The van der Waals surface area contributed by atoms with Crippen molar-refractivity contribution in [3.63, 3.8) is 0 Å². The summed E-state index contributed by atoms with van der Waals surface area (Å²) in [4.78, 5) is 8.89. The van der Waals surface area contributed by atoms with Crippen LogP contribution in [0.5, 0.6) is 0 Å². The van der Waals surface area contributed by atoms with E-state index in [1.165, 1.54) is 14.7 Å². The third-order valence-corrected chi connectivity index (χ3v) is 0. The zero-order valence-corrected chi connectivity index (χ0v) is 5.69. The number of carbonyl (C=O) groups excluding carboxylic acids is 1. The predicted molar refractivity (Wildman–Crippen MR) is 22.4 cm³/mol. The Morgan fingerprint density at radius 1 is 1.57 bits per heavy atom. The fraction of sp³-hybridized carbons (Fsp3) is 0.750. The van der Waals surface area contributed by atoms with Crippen molar-refractivity contribution in [2.75, 3.05) is 0 Å². The Balaban J connectivity index is 0. The van der Waals surface area contributed by atoms with E-state index in [0.29, 0.717) is 0 Å². The molecule has 0 saturated carbocycles. The zero-order valence-electron chi connectivity index (χ0n) is 4.65. The molecule has 0 aromatic carbocycles. The van der Waals surface area contributed by atoms with Gasteiger partial charge in [0.05, 0.1) is 0 Å². The summed E-state index contributed by atoms with van der Waals surface area (Å²) in [5, 5.41) is 8.89. The molecular formula is C4H9CoO2. The molecule has 7 heavy (non-hydrogen) atoms. The molecule has 46 valence electrons. The van der Waals surface area contributed by atoms with Gasteiger partial charge in [-0.05, 0) is 6.92 Å². The first-order valence-electron chi connectivity index (χ1n) is 1.57. The van der Waals surface area contributed by atoms with Gasteiger partial charge < -0.3 is 9.90 Å². The fourth-order valence-corrected chi connectivity index (χ4v) is 0. The maximum absolute atomic E-state index is 8.89. The van der Waals surface area contributed by atoms with Crippen LogP contribution in [0.4, 0.5) is 0 Å². The number of hydrogen-bond donors (Lipinski definition) is 0. The van der Waals surface area contributed by atoms with Gasteiger partial charge in [-0.2, -0.15) is 0 Å². The summed E-state index contributed by atoms with van der Waals surface area (Å²) in [7, 11) is 0. The number of rotatable bonds is 0. The van der Waals surface area contributed by atoms with Crippen molar-refractivity contribution in [3.05, 3.63) is 0 Å². The molecule has 0 heterocycles. The van der Waals surface area contributed by atoms with Gasteiger partial charge in [-0.15, -0.1) is 0 Å². The van der Waals surface area contributed by atoms with Crippen LogP contribution in [0, 0.1) is 0 Å². The van der Waals surface area contributed by atoms with E-state index in [4.69, 9.17) is 9.90 Å². The molecule has 0 fully saturated rings. The standard InChI is InChI=1S/C2H4O2.2CH3.Co/c1-2(3)4;;;/h1H3,(H,3,4);2*1H3;/q;;;+1/p-1. The third kappa shape index (κ3) is 171000. The van der Waals surface area contributed by atoms with Gasteiger partial charge in [0.1, 0.15) is 0 Å². The Hall–Kier alpha value is -0.0235. The topological polar surface area (TPSA) is 40.1 Å². The van der Waals surface area contributed by atoms with Crippen LogP contribution < -0.4 is 5.11 Å². The molecule has 0 aliphatic rings. The van der Waals surface area contributed by atoms with Crippen molar-refractivity contribution in [2.45, 2.75) is 18.6 Å². The summed E-state index contributed by atoms with van der Waals surface area (Å²) in [6.07, 6.45) is 0. The average Bonchev–Trinajstić information content (AvgIpc) is 1.33. The van der Waals surface area contributed by atoms with Crippen LogP contribution in [0.2, 0.25) is 11.7 Å². The molecule has 0 saturated heterocycles.